The van der Waals surface area contributed by atoms with Gasteiger partial charge < -0.3 is 4.74 Å². The maximum absolute atomic E-state index is 11.5. The average Bonchev–Trinajstić information content (AvgIpc) is 3.14. The number of hydrogen-bond donors (Lipinski definition) is 0. The van der Waals surface area contributed by atoms with Crippen LogP contribution in [0.15, 0.2) is 53.7 Å². The minimum absolute atomic E-state index is 0.0427. The van der Waals surface area contributed by atoms with Crippen LogP contribution in [-0.2, 0) is 10.5 Å². The number of rotatable bonds is 6. The number of hydrogen-bond acceptors (Lipinski definition) is 8. The van der Waals surface area contributed by atoms with E-state index in [9.17, 15) is 14.9 Å². The SMILES string of the molecule is COC(=O)c1ccc(-n2nnnc2SCc2cccc([N+](=O)[O-])c2)cc1. The van der Waals surface area contributed by atoms with Crippen LogP contribution >= 0.6 is 11.8 Å². The number of ether oxygens (including phenoxy) is 1. The number of tetrazole rings is 1. The smallest absolute Gasteiger partial charge is 0.337 e. The lowest BCUT2D eigenvalue weighted by molar-refractivity contribution is -0.384. The fourth-order valence-corrected chi connectivity index (χ4v) is 3.03. The Morgan fingerprint density at radius 2 is 2.04 bits per heavy atom. The molecular formula is C16H13N5O4S. The van der Waals surface area contributed by atoms with Gasteiger partial charge in [-0.25, -0.2) is 4.79 Å². The number of esters is 1. The largest absolute Gasteiger partial charge is 0.465 e. The van der Waals surface area contributed by atoms with Gasteiger partial charge in [-0.3, -0.25) is 10.1 Å². The third kappa shape index (κ3) is 3.86. The highest BCUT2D eigenvalue weighted by Crippen LogP contribution is 2.24. The second-order valence-electron chi connectivity index (χ2n) is 5.13. The van der Waals surface area contributed by atoms with Crippen molar-refractivity contribution in [1.82, 2.24) is 20.2 Å². The summed E-state index contributed by atoms with van der Waals surface area (Å²) in [6, 6.07) is 13.1. The number of benzene rings is 2. The van der Waals surface area contributed by atoms with E-state index in [1.807, 2.05) is 0 Å². The van der Waals surface area contributed by atoms with Crippen molar-refractivity contribution in [3.63, 3.8) is 0 Å². The Bertz CT molecular complexity index is 942. The summed E-state index contributed by atoms with van der Waals surface area (Å²) in [5.41, 5.74) is 1.94. The van der Waals surface area contributed by atoms with Gasteiger partial charge in [-0.1, -0.05) is 23.9 Å². The summed E-state index contributed by atoms with van der Waals surface area (Å²) < 4.78 is 6.20. The fraction of sp³-hybridized carbons (Fsp3) is 0.125. The minimum Gasteiger partial charge on any atom is -0.465 e. The van der Waals surface area contributed by atoms with Crippen molar-refractivity contribution in [3.05, 3.63) is 69.8 Å². The van der Waals surface area contributed by atoms with E-state index in [2.05, 4.69) is 20.3 Å². The molecule has 0 spiro atoms. The van der Waals surface area contributed by atoms with Crippen LogP contribution in [0.25, 0.3) is 5.69 Å². The van der Waals surface area contributed by atoms with E-state index in [1.54, 1.807) is 36.4 Å². The highest BCUT2D eigenvalue weighted by Gasteiger charge is 2.12. The molecule has 0 unspecified atom stereocenters. The van der Waals surface area contributed by atoms with Gasteiger partial charge >= 0.3 is 5.97 Å². The van der Waals surface area contributed by atoms with E-state index >= 15 is 0 Å². The molecule has 0 fully saturated rings. The van der Waals surface area contributed by atoms with Crippen LogP contribution in [-0.4, -0.2) is 38.2 Å². The fourth-order valence-electron chi connectivity index (χ4n) is 2.20. The molecule has 3 aromatic rings. The summed E-state index contributed by atoms with van der Waals surface area (Å²) in [4.78, 5) is 21.9. The number of methoxy groups -OCH3 is 1. The molecule has 0 atom stereocenters. The predicted molar refractivity (Wildman–Crippen MR) is 93.2 cm³/mol. The normalized spacial score (nSPS) is 10.5. The molecule has 0 amide bonds. The topological polar surface area (TPSA) is 113 Å². The lowest BCUT2D eigenvalue weighted by Crippen LogP contribution is -2.03. The highest BCUT2D eigenvalue weighted by molar-refractivity contribution is 7.98. The second kappa shape index (κ2) is 7.74. The third-order valence-electron chi connectivity index (χ3n) is 3.46. The molecule has 0 bridgehead atoms. The third-order valence-corrected chi connectivity index (χ3v) is 4.45. The van der Waals surface area contributed by atoms with Crippen LogP contribution in [0.2, 0.25) is 0 Å². The zero-order valence-corrected chi connectivity index (χ0v) is 14.4. The van der Waals surface area contributed by atoms with Crippen LogP contribution in [0.4, 0.5) is 5.69 Å². The quantitative estimate of drug-likeness (QED) is 0.281. The first-order valence-electron chi connectivity index (χ1n) is 7.42. The molecule has 26 heavy (non-hydrogen) atoms. The van der Waals surface area contributed by atoms with Crippen molar-refractivity contribution in [1.29, 1.82) is 0 Å². The predicted octanol–water partition coefficient (Wildman–Crippen LogP) is 2.65. The van der Waals surface area contributed by atoms with Crippen LogP contribution in [0.3, 0.4) is 0 Å². The molecule has 2 aromatic carbocycles. The van der Waals surface area contributed by atoms with E-state index in [-0.39, 0.29) is 5.69 Å². The van der Waals surface area contributed by atoms with Gasteiger partial charge in [0.15, 0.2) is 0 Å². The van der Waals surface area contributed by atoms with Gasteiger partial charge in [0.05, 0.1) is 23.3 Å². The van der Waals surface area contributed by atoms with Crippen molar-refractivity contribution in [2.75, 3.05) is 7.11 Å². The Labute approximate surface area is 152 Å². The second-order valence-corrected chi connectivity index (χ2v) is 6.07. The molecule has 0 aliphatic carbocycles. The number of nitrogens with zero attached hydrogens (tertiary/aromatic N) is 5. The van der Waals surface area contributed by atoms with Gasteiger partial charge in [-0.2, -0.15) is 4.68 Å². The Kier molecular flexibility index (Phi) is 5.23. The van der Waals surface area contributed by atoms with E-state index in [0.717, 1.165) is 5.56 Å². The Balaban J connectivity index is 1.75. The number of nitro groups is 1. The first-order chi connectivity index (χ1) is 12.6. The van der Waals surface area contributed by atoms with Crippen molar-refractivity contribution in [2.24, 2.45) is 0 Å². The summed E-state index contributed by atoms with van der Waals surface area (Å²) in [6.45, 7) is 0. The lowest BCUT2D eigenvalue weighted by Gasteiger charge is -2.05. The van der Waals surface area contributed by atoms with Gasteiger partial charge in [-0.05, 0) is 40.3 Å². The van der Waals surface area contributed by atoms with E-state index < -0.39 is 10.9 Å². The molecule has 0 radical (unpaired) electrons. The number of nitro benzene ring substituents is 1. The molecular weight excluding hydrogens is 358 g/mol. The van der Waals surface area contributed by atoms with Gasteiger partial charge in [0.1, 0.15) is 0 Å². The van der Waals surface area contributed by atoms with E-state index in [1.165, 1.54) is 35.7 Å². The molecule has 3 rings (SSSR count). The van der Waals surface area contributed by atoms with Crippen LogP contribution in [0.1, 0.15) is 15.9 Å². The summed E-state index contributed by atoms with van der Waals surface area (Å²) in [5, 5.41) is 23.0. The monoisotopic (exact) mass is 371 g/mol. The molecule has 0 saturated heterocycles. The zero-order chi connectivity index (χ0) is 18.5. The highest BCUT2D eigenvalue weighted by atomic mass is 32.2. The van der Waals surface area contributed by atoms with Crippen molar-refractivity contribution in [3.8, 4) is 5.69 Å². The minimum atomic E-state index is -0.429. The van der Waals surface area contributed by atoms with Crippen LogP contribution < -0.4 is 0 Å². The Morgan fingerprint density at radius 3 is 2.73 bits per heavy atom. The average molecular weight is 371 g/mol. The molecule has 0 saturated carbocycles. The molecule has 10 heteroatoms. The maximum atomic E-state index is 11.5. The summed E-state index contributed by atoms with van der Waals surface area (Å²) >= 11 is 1.35. The van der Waals surface area contributed by atoms with Gasteiger partial charge in [0.2, 0.25) is 5.16 Å². The standard InChI is InChI=1S/C16H13N5O4S/c1-25-15(22)12-5-7-13(8-6-12)20-16(17-18-19-20)26-10-11-3-2-4-14(9-11)21(23)24/h2-9H,10H2,1H3. The Morgan fingerprint density at radius 1 is 1.27 bits per heavy atom. The molecule has 132 valence electrons. The number of carbonyl (C=O) groups excluding carboxylic acids is 1. The van der Waals surface area contributed by atoms with Crippen LogP contribution in [0.5, 0.6) is 0 Å². The number of non-ortho nitro benzene ring substituents is 1. The zero-order valence-electron chi connectivity index (χ0n) is 13.6. The summed E-state index contributed by atoms with van der Waals surface area (Å²) in [5.74, 6) is 0.0518. The number of aromatic nitrogens is 4. The van der Waals surface area contributed by atoms with Crippen LogP contribution in [0, 0.1) is 10.1 Å². The van der Waals surface area contributed by atoms with Crippen molar-refractivity contribution >= 4 is 23.4 Å². The molecule has 0 aliphatic heterocycles. The van der Waals surface area contributed by atoms with Gasteiger partial charge in [0, 0.05) is 17.9 Å². The molecule has 1 aromatic heterocycles. The number of carbonyl (C=O) groups is 1. The first kappa shape index (κ1) is 17.5. The molecule has 9 nitrogen and oxygen atoms in total. The van der Waals surface area contributed by atoms with E-state index in [4.69, 9.17) is 0 Å². The first-order valence-corrected chi connectivity index (χ1v) is 8.40. The van der Waals surface area contributed by atoms with Crippen molar-refractivity contribution in [2.45, 2.75) is 10.9 Å². The molecule has 1 heterocycles. The van der Waals surface area contributed by atoms with Crippen molar-refractivity contribution < 1.29 is 14.5 Å². The van der Waals surface area contributed by atoms with Gasteiger partial charge in [0.25, 0.3) is 5.69 Å². The summed E-state index contributed by atoms with van der Waals surface area (Å²) in [6.07, 6.45) is 0. The number of thioether (sulfide) groups is 1. The summed E-state index contributed by atoms with van der Waals surface area (Å²) in [7, 11) is 1.32. The lowest BCUT2D eigenvalue weighted by atomic mass is 10.2. The van der Waals surface area contributed by atoms with E-state index in [0.29, 0.717) is 22.2 Å². The Hall–Kier alpha value is -3.27. The molecule has 0 N–H and O–H groups in total. The molecule has 0 aliphatic rings. The maximum Gasteiger partial charge on any atom is 0.337 e. The van der Waals surface area contributed by atoms with Gasteiger partial charge in [-0.15, -0.1) is 5.10 Å².